The van der Waals surface area contributed by atoms with Gasteiger partial charge in [0.05, 0.1) is 24.4 Å². The Morgan fingerprint density at radius 2 is 1.93 bits per heavy atom. The van der Waals surface area contributed by atoms with Crippen LogP contribution in [0.5, 0.6) is 11.5 Å². The molecule has 2 aromatic rings. The minimum absolute atomic E-state index is 0.0596. The van der Waals surface area contributed by atoms with Crippen LogP contribution in [0.3, 0.4) is 0 Å². The van der Waals surface area contributed by atoms with Crippen LogP contribution in [0.25, 0.3) is 0 Å². The van der Waals surface area contributed by atoms with Crippen LogP contribution in [-0.4, -0.2) is 37.6 Å². The number of hydrogen-bond donors (Lipinski definition) is 2. The third-order valence-corrected chi connectivity index (χ3v) is 4.87. The monoisotopic (exact) mass is 406 g/mol. The molecule has 0 saturated carbocycles. The van der Waals surface area contributed by atoms with Crippen LogP contribution in [0.2, 0.25) is 0 Å². The molecular formula is C22H22N4O4. The lowest BCUT2D eigenvalue weighted by Crippen LogP contribution is -2.46. The normalized spacial score (nSPS) is 15.9. The topological polar surface area (TPSA) is 104 Å². The Morgan fingerprint density at radius 3 is 2.60 bits per heavy atom. The number of nitriles is 1. The van der Waals surface area contributed by atoms with Gasteiger partial charge in [0.15, 0.2) is 6.61 Å². The lowest BCUT2D eigenvalue weighted by molar-refractivity contribution is -0.113. The molecule has 1 atom stereocenters. The van der Waals surface area contributed by atoms with Gasteiger partial charge in [-0.05, 0) is 36.8 Å². The number of anilines is 1. The number of methoxy groups -OCH3 is 1. The zero-order valence-corrected chi connectivity index (χ0v) is 16.9. The summed E-state index contributed by atoms with van der Waals surface area (Å²) in [6.45, 7) is 1.67. The summed E-state index contributed by atoms with van der Waals surface area (Å²) in [6, 6.07) is 15.0. The summed E-state index contributed by atoms with van der Waals surface area (Å²) in [6.07, 6.45) is 0. The maximum absolute atomic E-state index is 13.2. The van der Waals surface area contributed by atoms with E-state index in [1.807, 2.05) is 12.1 Å². The van der Waals surface area contributed by atoms with Gasteiger partial charge in [0, 0.05) is 12.7 Å². The van der Waals surface area contributed by atoms with E-state index in [0.717, 1.165) is 0 Å². The molecule has 0 saturated heterocycles. The summed E-state index contributed by atoms with van der Waals surface area (Å²) in [5.74, 6) is 0.715. The first-order chi connectivity index (χ1) is 14.5. The first-order valence-corrected chi connectivity index (χ1v) is 9.25. The third kappa shape index (κ3) is 4.20. The number of hydrogen-bond acceptors (Lipinski definition) is 5. The van der Waals surface area contributed by atoms with Gasteiger partial charge in [-0.1, -0.05) is 24.3 Å². The zero-order valence-electron chi connectivity index (χ0n) is 16.9. The Bertz CT molecular complexity index is 1020. The Morgan fingerprint density at radius 1 is 1.23 bits per heavy atom. The van der Waals surface area contributed by atoms with Crippen molar-refractivity contribution in [1.29, 1.82) is 5.26 Å². The quantitative estimate of drug-likeness (QED) is 0.767. The third-order valence-electron chi connectivity index (χ3n) is 4.87. The summed E-state index contributed by atoms with van der Waals surface area (Å²) < 4.78 is 10.6. The van der Waals surface area contributed by atoms with Gasteiger partial charge in [-0.2, -0.15) is 5.26 Å². The van der Waals surface area contributed by atoms with Crippen molar-refractivity contribution in [2.45, 2.75) is 13.0 Å². The highest BCUT2D eigenvalue weighted by Crippen LogP contribution is 2.32. The second kappa shape index (κ2) is 9.01. The maximum atomic E-state index is 13.2. The molecule has 0 unspecified atom stereocenters. The summed E-state index contributed by atoms with van der Waals surface area (Å²) in [5.41, 5.74) is 2.20. The van der Waals surface area contributed by atoms with E-state index in [9.17, 15) is 9.59 Å². The predicted molar refractivity (Wildman–Crippen MR) is 111 cm³/mol. The van der Waals surface area contributed by atoms with Crippen LogP contribution in [-0.2, 0) is 4.79 Å². The first-order valence-electron chi connectivity index (χ1n) is 9.25. The Labute approximate surface area is 174 Å². The van der Waals surface area contributed by atoms with Crippen LogP contribution in [0, 0.1) is 11.3 Å². The average molecular weight is 406 g/mol. The van der Waals surface area contributed by atoms with E-state index in [0.29, 0.717) is 34.0 Å². The second-order valence-corrected chi connectivity index (χ2v) is 6.61. The van der Waals surface area contributed by atoms with Crippen molar-refractivity contribution < 1.29 is 19.1 Å². The standard InChI is InChI=1S/C22H22N4O4/c1-14-19(21(27)24-17-6-4-5-7-18(17)29-3)20(25-22(28)26(14)2)15-8-10-16(11-9-15)30-13-12-23/h4-11,20H,13H2,1-3H3,(H,24,27)(H,25,28)/t20-/m1/s1. The number of ether oxygens (including phenoxy) is 2. The van der Waals surface area contributed by atoms with E-state index in [1.54, 1.807) is 56.4 Å². The maximum Gasteiger partial charge on any atom is 0.322 e. The number of nitrogens with one attached hydrogen (secondary N) is 2. The number of carbonyl (C=O) groups is 2. The Balaban J connectivity index is 1.94. The largest absolute Gasteiger partial charge is 0.495 e. The molecule has 1 aliphatic rings. The number of para-hydroxylation sites is 2. The van der Waals surface area contributed by atoms with E-state index >= 15 is 0 Å². The van der Waals surface area contributed by atoms with Crippen LogP contribution < -0.4 is 20.1 Å². The minimum atomic E-state index is -0.645. The molecule has 0 aliphatic carbocycles. The molecule has 0 fully saturated rings. The molecule has 30 heavy (non-hydrogen) atoms. The van der Waals surface area contributed by atoms with Gasteiger partial charge in [-0.25, -0.2) is 4.79 Å². The van der Waals surface area contributed by atoms with Gasteiger partial charge < -0.3 is 25.0 Å². The summed E-state index contributed by atoms with van der Waals surface area (Å²) >= 11 is 0. The minimum Gasteiger partial charge on any atom is -0.495 e. The van der Waals surface area contributed by atoms with Gasteiger partial charge >= 0.3 is 6.03 Å². The fraction of sp³-hybridized carbons (Fsp3) is 0.227. The van der Waals surface area contributed by atoms with Crippen LogP contribution in [0.1, 0.15) is 18.5 Å². The van der Waals surface area contributed by atoms with E-state index in [1.165, 1.54) is 12.0 Å². The van der Waals surface area contributed by atoms with E-state index in [2.05, 4.69) is 10.6 Å². The molecule has 0 spiro atoms. The molecule has 8 heteroatoms. The molecule has 1 heterocycles. The van der Waals surface area contributed by atoms with E-state index in [4.69, 9.17) is 14.7 Å². The van der Waals surface area contributed by atoms with Gasteiger partial charge in [-0.3, -0.25) is 4.79 Å². The molecule has 8 nitrogen and oxygen atoms in total. The van der Waals surface area contributed by atoms with Crippen LogP contribution in [0.15, 0.2) is 59.8 Å². The molecule has 0 aromatic heterocycles. The number of carbonyl (C=O) groups excluding carboxylic acids is 2. The lowest BCUT2D eigenvalue weighted by Gasteiger charge is -2.33. The van der Waals surface area contributed by atoms with Gasteiger partial charge in [-0.15, -0.1) is 0 Å². The number of urea groups is 1. The molecule has 0 bridgehead atoms. The molecule has 2 aromatic carbocycles. The number of rotatable bonds is 6. The predicted octanol–water partition coefficient (Wildman–Crippen LogP) is 3.21. The van der Waals surface area contributed by atoms with Gasteiger partial charge in [0.25, 0.3) is 5.91 Å². The Kier molecular flexibility index (Phi) is 6.23. The van der Waals surface area contributed by atoms with Crippen molar-refractivity contribution in [3.63, 3.8) is 0 Å². The van der Waals surface area contributed by atoms with Gasteiger partial charge in [0.1, 0.15) is 17.6 Å². The van der Waals surface area contributed by atoms with Crippen molar-refractivity contribution in [2.24, 2.45) is 0 Å². The SMILES string of the molecule is COc1ccccc1NC(=O)C1=C(C)N(C)C(=O)N[C@@H]1c1ccc(OCC#N)cc1. The summed E-state index contributed by atoms with van der Waals surface area (Å²) in [5, 5.41) is 14.4. The highest BCUT2D eigenvalue weighted by Gasteiger charge is 2.34. The smallest absolute Gasteiger partial charge is 0.322 e. The molecule has 0 radical (unpaired) electrons. The molecule has 2 N–H and O–H groups in total. The van der Waals surface area contributed by atoms with Crippen molar-refractivity contribution in [1.82, 2.24) is 10.2 Å². The summed E-state index contributed by atoms with van der Waals surface area (Å²) in [7, 11) is 3.14. The first kappa shape index (κ1) is 20.7. The number of nitrogens with zero attached hydrogens (tertiary/aromatic N) is 2. The molecule has 1 aliphatic heterocycles. The highest BCUT2D eigenvalue weighted by molar-refractivity contribution is 6.07. The fourth-order valence-corrected chi connectivity index (χ4v) is 3.19. The Hall–Kier alpha value is -3.99. The van der Waals surface area contributed by atoms with Crippen molar-refractivity contribution in [3.05, 3.63) is 65.4 Å². The van der Waals surface area contributed by atoms with Gasteiger partial charge in [0.2, 0.25) is 0 Å². The fourth-order valence-electron chi connectivity index (χ4n) is 3.19. The highest BCUT2D eigenvalue weighted by atomic mass is 16.5. The average Bonchev–Trinajstić information content (AvgIpc) is 2.76. The molecule has 154 valence electrons. The van der Waals surface area contributed by atoms with E-state index < -0.39 is 6.04 Å². The molecule has 3 amide bonds. The number of benzene rings is 2. The van der Waals surface area contributed by atoms with Crippen LogP contribution in [0.4, 0.5) is 10.5 Å². The molecule has 3 rings (SSSR count). The van der Waals surface area contributed by atoms with E-state index in [-0.39, 0.29) is 18.5 Å². The van der Waals surface area contributed by atoms with Crippen molar-refractivity contribution in [3.8, 4) is 17.6 Å². The summed E-state index contributed by atoms with van der Waals surface area (Å²) in [4.78, 5) is 27.0. The molecular weight excluding hydrogens is 384 g/mol. The lowest BCUT2D eigenvalue weighted by atomic mass is 9.94. The number of amides is 3. The zero-order chi connectivity index (χ0) is 21.7. The van der Waals surface area contributed by atoms with Crippen molar-refractivity contribution in [2.75, 3.05) is 26.1 Å². The second-order valence-electron chi connectivity index (χ2n) is 6.61. The van der Waals surface area contributed by atoms with Crippen molar-refractivity contribution >= 4 is 17.6 Å². The number of allylic oxidation sites excluding steroid dienone is 1. The van der Waals surface area contributed by atoms with Crippen LogP contribution >= 0.6 is 0 Å².